The molecule has 174 valence electrons. The Morgan fingerprint density at radius 2 is 1.68 bits per heavy atom. The van der Waals surface area contributed by atoms with Crippen molar-refractivity contribution in [2.45, 2.75) is 13.0 Å². The van der Waals surface area contributed by atoms with Gasteiger partial charge in [0, 0.05) is 43.4 Å². The summed E-state index contributed by atoms with van der Waals surface area (Å²) in [7, 11) is -2.87. The maximum atomic E-state index is 12.0. The minimum absolute atomic E-state index is 0.0284. The van der Waals surface area contributed by atoms with Crippen molar-refractivity contribution in [3.05, 3.63) is 83.3 Å². The Balaban J connectivity index is 1.38. The van der Waals surface area contributed by atoms with Crippen LogP contribution in [0.15, 0.2) is 60.8 Å². The summed E-state index contributed by atoms with van der Waals surface area (Å²) in [6.45, 7) is 1.87. The number of nitrogens with zero attached hydrogens (tertiary/aromatic N) is 4. The van der Waals surface area contributed by atoms with E-state index in [1.165, 1.54) is 0 Å². The van der Waals surface area contributed by atoms with Gasteiger partial charge >= 0.3 is 0 Å². The van der Waals surface area contributed by atoms with E-state index in [9.17, 15) is 13.2 Å². The average Bonchev–Trinajstić information content (AvgIpc) is 2.85. The molecule has 1 N–H and O–H groups in total. The molecule has 1 saturated heterocycles. The molecule has 0 bridgehead atoms. The molecular formula is C25H25N5O3S. The van der Waals surface area contributed by atoms with Gasteiger partial charge in [-0.2, -0.15) is 5.26 Å². The molecule has 8 nitrogen and oxygen atoms in total. The molecule has 4 rings (SSSR count). The van der Waals surface area contributed by atoms with Gasteiger partial charge < -0.3 is 5.32 Å². The van der Waals surface area contributed by atoms with Crippen LogP contribution in [-0.2, 0) is 22.8 Å². The molecule has 0 unspecified atom stereocenters. The molecule has 1 amide bonds. The number of rotatable bonds is 7. The van der Waals surface area contributed by atoms with Crippen molar-refractivity contribution in [3.8, 4) is 17.3 Å². The van der Waals surface area contributed by atoms with Crippen LogP contribution in [0.4, 0.5) is 0 Å². The Labute approximate surface area is 199 Å². The monoisotopic (exact) mass is 475 g/mol. The van der Waals surface area contributed by atoms with Crippen LogP contribution in [0.1, 0.15) is 27.3 Å². The quantitative estimate of drug-likeness (QED) is 0.521. The minimum atomic E-state index is -2.87. The lowest BCUT2D eigenvalue weighted by Gasteiger charge is -2.26. The fraction of sp³-hybridized carbons (Fsp3) is 0.280. The van der Waals surface area contributed by atoms with Crippen molar-refractivity contribution < 1.29 is 13.2 Å². The lowest BCUT2D eigenvalue weighted by molar-refractivity contribution is 0.0958. The fourth-order valence-corrected chi connectivity index (χ4v) is 5.05. The van der Waals surface area contributed by atoms with E-state index in [0.717, 1.165) is 28.9 Å². The second kappa shape index (κ2) is 10.5. The molecule has 1 aliphatic heterocycles. The minimum Gasteiger partial charge on any atom is -0.339 e. The number of sulfone groups is 1. The molecule has 0 spiro atoms. The van der Waals surface area contributed by atoms with Gasteiger partial charge in [-0.15, -0.1) is 0 Å². The zero-order valence-electron chi connectivity index (χ0n) is 18.6. The largest absolute Gasteiger partial charge is 0.339 e. The number of aromatic nitrogens is 2. The van der Waals surface area contributed by atoms with Crippen LogP contribution in [0.3, 0.4) is 0 Å². The van der Waals surface area contributed by atoms with Crippen molar-refractivity contribution in [2.24, 2.45) is 0 Å². The summed E-state index contributed by atoms with van der Waals surface area (Å²) in [6.07, 6.45) is 2.31. The highest BCUT2D eigenvalue weighted by atomic mass is 32.2. The molecule has 34 heavy (non-hydrogen) atoms. The van der Waals surface area contributed by atoms with Crippen LogP contribution in [0, 0.1) is 11.3 Å². The van der Waals surface area contributed by atoms with E-state index in [4.69, 9.17) is 5.26 Å². The molecule has 1 aromatic heterocycles. The van der Waals surface area contributed by atoms with E-state index in [1.54, 1.807) is 18.3 Å². The molecule has 9 heteroatoms. The maximum absolute atomic E-state index is 12.0. The lowest BCUT2D eigenvalue weighted by Crippen LogP contribution is -2.39. The Morgan fingerprint density at radius 1 is 1.00 bits per heavy atom. The van der Waals surface area contributed by atoms with Crippen molar-refractivity contribution >= 4 is 15.7 Å². The number of amides is 1. The van der Waals surface area contributed by atoms with Gasteiger partial charge in [-0.25, -0.2) is 18.4 Å². The third-order valence-corrected chi connectivity index (χ3v) is 7.31. The Hall–Kier alpha value is -3.61. The standard InChI is InChI=1S/C25H25N5O3S/c26-10-12-28-25(31)22-7-5-21(6-8-22)23-9-11-27-24(29-23)17-19-1-3-20(4-2-19)18-30-13-15-34(32,33)16-14-30/h1-9,11H,12-18H2,(H,28,31). The van der Waals surface area contributed by atoms with Crippen LogP contribution in [0.25, 0.3) is 11.3 Å². The first-order chi connectivity index (χ1) is 16.4. The number of benzene rings is 2. The summed E-state index contributed by atoms with van der Waals surface area (Å²) >= 11 is 0. The van der Waals surface area contributed by atoms with E-state index < -0.39 is 9.84 Å². The summed E-state index contributed by atoms with van der Waals surface area (Å²) in [5, 5.41) is 11.1. The van der Waals surface area contributed by atoms with Crippen LogP contribution in [-0.4, -0.2) is 60.3 Å². The van der Waals surface area contributed by atoms with E-state index in [1.807, 2.05) is 24.3 Å². The zero-order valence-corrected chi connectivity index (χ0v) is 19.5. The van der Waals surface area contributed by atoms with Gasteiger partial charge in [0.15, 0.2) is 9.84 Å². The van der Waals surface area contributed by atoms with Crippen molar-refractivity contribution in [3.63, 3.8) is 0 Å². The molecule has 0 radical (unpaired) electrons. The summed E-state index contributed by atoms with van der Waals surface area (Å²) in [4.78, 5) is 23.2. The van der Waals surface area contributed by atoms with Gasteiger partial charge in [0.2, 0.25) is 0 Å². The molecular weight excluding hydrogens is 450 g/mol. The van der Waals surface area contributed by atoms with Gasteiger partial charge in [0.1, 0.15) is 12.4 Å². The van der Waals surface area contributed by atoms with Gasteiger partial charge in [-0.1, -0.05) is 36.4 Å². The van der Waals surface area contributed by atoms with Crippen LogP contribution in [0.5, 0.6) is 0 Å². The first-order valence-corrected chi connectivity index (χ1v) is 12.8. The SMILES string of the molecule is N#CCNC(=O)c1ccc(-c2ccnc(Cc3ccc(CN4CCS(=O)(=O)CC4)cc3)n2)cc1. The molecule has 0 atom stereocenters. The average molecular weight is 476 g/mol. The number of carbonyl (C=O) groups is 1. The second-order valence-electron chi connectivity index (χ2n) is 8.20. The van der Waals surface area contributed by atoms with E-state index in [2.05, 4.69) is 44.5 Å². The van der Waals surface area contributed by atoms with Gasteiger partial charge in [0.05, 0.1) is 23.3 Å². The molecule has 1 fully saturated rings. The summed E-state index contributed by atoms with van der Waals surface area (Å²) in [5.74, 6) is 0.874. The van der Waals surface area contributed by atoms with Gasteiger partial charge in [-0.3, -0.25) is 9.69 Å². The van der Waals surface area contributed by atoms with Crippen molar-refractivity contribution in [1.82, 2.24) is 20.2 Å². The van der Waals surface area contributed by atoms with E-state index in [0.29, 0.717) is 30.9 Å². The van der Waals surface area contributed by atoms with Gasteiger partial charge in [0.25, 0.3) is 5.91 Å². The predicted octanol–water partition coefficient (Wildman–Crippen LogP) is 2.22. The summed E-state index contributed by atoms with van der Waals surface area (Å²) in [6, 6.07) is 19.0. The molecule has 0 aliphatic carbocycles. The highest BCUT2D eigenvalue weighted by Gasteiger charge is 2.21. The Bertz CT molecular complexity index is 1290. The number of nitrogens with one attached hydrogen (secondary N) is 1. The number of hydrogen-bond acceptors (Lipinski definition) is 7. The summed E-state index contributed by atoms with van der Waals surface area (Å²) in [5.41, 5.74) is 4.37. The third kappa shape index (κ3) is 6.25. The topological polar surface area (TPSA) is 116 Å². The lowest BCUT2D eigenvalue weighted by atomic mass is 10.1. The number of carbonyl (C=O) groups excluding carboxylic acids is 1. The first kappa shape index (κ1) is 23.5. The van der Waals surface area contributed by atoms with E-state index >= 15 is 0 Å². The van der Waals surface area contributed by atoms with Crippen molar-refractivity contribution in [2.75, 3.05) is 31.1 Å². The van der Waals surface area contributed by atoms with Crippen LogP contribution >= 0.6 is 0 Å². The Morgan fingerprint density at radius 3 is 2.35 bits per heavy atom. The zero-order chi connectivity index (χ0) is 24.0. The summed E-state index contributed by atoms with van der Waals surface area (Å²) < 4.78 is 23.2. The number of nitriles is 1. The molecule has 0 saturated carbocycles. The second-order valence-corrected chi connectivity index (χ2v) is 10.5. The smallest absolute Gasteiger partial charge is 0.252 e. The number of hydrogen-bond donors (Lipinski definition) is 1. The molecule has 2 heterocycles. The highest BCUT2D eigenvalue weighted by Crippen LogP contribution is 2.19. The molecule has 1 aliphatic rings. The van der Waals surface area contributed by atoms with Gasteiger partial charge in [-0.05, 0) is 29.3 Å². The third-order valence-electron chi connectivity index (χ3n) is 5.70. The normalized spacial score (nSPS) is 15.4. The van der Waals surface area contributed by atoms with Crippen LogP contribution in [0.2, 0.25) is 0 Å². The van der Waals surface area contributed by atoms with E-state index in [-0.39, 0.29) is 24.0 Å². The Kier molecular flexibility index (Phi) is 7.30. The predicted molar refractivity (Wildman–Crippen MR) is 129 cm³/mol. The maximum Gasteiger partial charge on any atom is 0.252 e. The van der Waals surface area contributed by atoms with Crippen LogP contribution < -0.4 is 5.32 Å². The first-order valence-electron chi connectivity index (χ1n) is 11.0. The molecule has 3 aromatic rings. The molecule has 2 aromatic carbocycles. The fourth-order valence-electron chi connectivity index (χ4n) is 3.77. The highest BCUT2D eigenvalue weighted by molar-refractivity contribution is 7.91. The van der Waals surface area contributed by atoms with Crippen molar-refractivity contribution in [1.29, 1.82) is 5.26 Å².